The van der Waals surface area contributed by atoms with E-state index in [9.17, 15) is 31.9 Å². The molecule has 0 spiro atoms. The lowest BCUT2D eigenvalue weighted by Crippen LogP contribution is -2.52. The molecule has 4 N–H and O–H groups in total. The average Bonchev–Trinajstić information content (AvgIpc) is 3.50. The fourth-order valence-corrected chi connectivity index (χ4v) is 3.77. The zero-order valence-corrected chi connectivity index (χ0v) is 21.0. The third-order valence-electron chi connectivity index (χ3n) is 6.01. The number of benzene rings is 1. The minimum Gasteiger partial charge on any atom is -0.374 e. The Morgan fingerprint density at radius 3 is 2.44 bits per heavy atom. The van der Waals surface area contributed by atoms with E-state index in [2.05, 4.69) is 20.5 Å². The number of nitrogens with zero attached hydrogens (tertiary/aromatic N) is 5. The molecule has 4 aromatic rings. The predicted molar refractivity (Wildman–Crippen MR) is 129 cm³/mol. The van der Waals surface area contributed by atoms with Crippen LogP contribution in [0, 0.1) is 11.6 Å². The number of carbonyl (C=O) groups excluding carboxylic acids is 1. The summed E-state index contributed by atoms with van der Waals surface area (Å²) in [6, 6.07) is 7.60. The summed E-state index contributed by atoms with van der Waals surface area (Å²) < 4.78 is 73.6. The first-order chi connectivity index (χ1) is 18.1. The van der Waals surface area contributed by atoms with Gasteiger partial charge < -0.3 is 16.2 Å². The number of aryl methyl sites for hydroxylation is 1. The number of carbonyl (C=O) groups is 1. The molecule has 4 rings (SSSR count). The maximum atomic E-state index is 14.5. The van der Waals surface area contributed by atoms with Gasteiger partial charge in [-0.15, -0.1) is 0 Å². The monoisotopic (exact) mass is 549 g/mol. The van der Waals surface area contributed by atoms with Gasteiger partial charge in [0.2, 0.25) is 5.60 Å². The Bertz CT molecular complexity index is 1510. The molecule has 1 aromatic carbocycles. The fraction of sp³-hybridized carbons (Fsp3) is 0.280. The van der Waals surface area contributed by atoms with E-state index in [0.29, 0.717) is 6.07 Å². The van der Waals surface area contributed by atoms with E-state index in [0.717, 1.165) is 22.9 Å². The highest BCUT2D eigenvalue weighted by Crippen LogP contribution is 2.40. The van der Waals surface area contributed by atoms with Crippen molar-refractivity contribution in [1.29, 1.82) is 0 Å². The number of alkyl halides is 3. The van der Waals surface area contributed by atoms with Crippen LogP contribution in [0.25, 0.3) is 17.1 Å². The van der Waals surface area contributed by atoms with Crippen LogP contribution in [-0.2, 0) is 18.2 Å². The van der Waals surface area contributed by atoms with Crippen molar-refractivity contribution < 1.29 is 31.9 Å². The first-order valence-electron chi connectivity index (χ1n) is 11.5. The third kappa shape index (κ3) is 5.52. The van der Waals surface area contributed by atoms with Crippen LogP contribution in [0.5, 0.6) is 0 Å². The van der Waals surface area contributed by atoms with Crippen molar-refractivity contribution in [3.8, 4) is 17.1 Å². The molecule has 0 saturated carbocycles. The van der Waals surface area contributed by atoms with E-state index in [1.165, 1.54) is 43.9 Å². The molecular weight excluding hydrogens is 525 g/mol. The van der Waals surface area contributed by atoms with Gasteiger partial charge in [0, 0.05) is 42.7 Å². The Labute approximate surface area is 219 Å². The molecule has 3 heterocycles. The quantitative estimate of drug-likeness (QED) is 0.304. The van der Waals surface area contributed by atoms with E-state index in [1.54, 1.807) is 12.3 Å². The van der Waals surface area contributed by atoms with Crippen molar-refractivity contribution in [3.05, 3.63) is 83.4 Å². The number of hydrogen-bond donors (Lipinski definition) is 3. The van der Waals surface area contributed by atoms with E-state index >= 15 is 0 Å². The molecule has 1 unspecified atom stereocenters. The Kier molecular flexibility index (Phi) is 7.04. The van der Waals surface area contributed by atoms with E-state index in [4.69, 9.17) is 5.73 Å². The highest BCUT2D eigenvalue weighted by atomic mass is 19.4. The van der Waals surface area contributed by atoms with Gasteiger partial charge in [-0.25, -0.2) is 18.4 Å². The molecule has 0 radical (unpaired) electrons. The summed E-state index contributed by atoms with van der Waals surface area (Å²) in [5.74, 6) is -2.70. The summed E-state index contributed by atoms with van der Waals surface area (Å²) in [6.07, 6.45) is -2.30. The number of aromatic nitrogens is 5. The summed E-state index contributed by atoms with van der Waals surface area (Å²) in [6.45, 7) is 1.64. The van der Waals surface area contributed by atoms with Gasteiger partial charge in [-0.2, -0.15) is 23.4 Å². The number of halogens is 5. The van der Waals surface area contributed by atoms with Gasteiger partial charge in [-0.05, 0) is 49.7 Å². The highest BCUT2D eigenvalue weighted by molar-refractivity contribution is 5.93. The van der Waals surface area contributed by atoms with Crippen molar-refractivity contribution in [2.45, 2.75) is 31.2 Å². The molecule has 0 aliphatic heterocycles. The Morgan fingerprint density at radius 2 is 1.85 bits per heavy atom. The van der Waals surface area contributed by atoms with Crippen molar-refractivity contribution in [2.75, 3.05) is 6.54 Å². The lowest BCUT2D eigenvalue weighted by Gasteiger charge is -2.32. The van der Waals surface area contributed by atoms with Crippen LogP contribution >= 0.6 is 0 Å². The highest BCUT2D eigenvalue weighted by Gasteiger charge is 2.56. The number of aliphatic hydroxyl groups is 1. The van der Waals surface area contributed by atoms with Crippen LogP contribution in [0.2, 0.25) is 0 Å². The molecule has 39 heavy (non-hydrogen) atoms. The molecule has 14 heteroatoms. The molecule has 1 amide bonds. The van der Waals surface area contributed by atoms with Gasteiger partial charge in [0.15, 0.2) is 5.82 Å². The van der Waals surface area contributed by atoms with E-state index < -0.39 is 47.1 Å². The van der Waals surface area contributed by atoms with Gasteiger partial charge in [0.05, 0.1) is 17.9 Å². The van der Waals surface area contributed by atoms with Gasteiger partial charge in [0.1, 0.15) is 17.3 Å². The second kappa shape index (κ2) is 9.85. The average molecular weight is 550 g/mol. The maximum Gasteiger partial charge on any atom is 0.424 e. The zero-order valence-electron chi connectivity index (χ0n) is 21.0. The summed E-state index contributed by atoms with van der Waals surface area (Å²) in [4.78, 5) is 16.7. The predicted octanol–water partition coefficient (Wildman–Crippen LogP) is 3.32. The lowest BCUT2D eigenvalue weighted by molar-refractivity contribution is -0.265. The topological polar surface area (TPSA) is 124 Å². The molecule has 0 bridgehead atoms. The molecule has 0 aliphatic rings. The maximum absolute atomic E-state index is 14.5. The molecule has 0 fully saturated rings. The lowest BCUT2D eigenvalue weighted by atomic mass is 9.89. The van der Waals surface area contributed by atoms with Gasteiger partial charge in [-0.1, -0.05) is 0 Å². The van der Waals surface area contributed by atoms with Crippen LogP contribution < -0.4 is 11.1 Å². The summed E-state index contributed by atoms with van der Waals surface area (Å²) in [5, 5.41) is 21.2. The zero-order chi connectivity index (χ0) is 28.8. The molecule has 1 atom stereocenters. The van der Waals surface area contributed by atoms with E-state index in [-0.39, 0.29) is 28.3 Å². The van der Waals surface area contributed by atoms with Crippen molar-refractivity contribution in [3.63, 3.8) is 0 Å². The Balaban J connectivity index is 1.74. The minimum absolute atomic E-state index is 0.0794. The molecule has 0 saturated heterocycles. The Hall–Kier alpha value is -4.17. The number of hydrogen-bond acceptors (Lipinski definition) is 6. The Morgan fingerprint density at radius 1 is 1.13 bits per heavy atom. The molecule has 3 aromatic heterocycles. The summed E-state index contributed by atoms with van der Waals surface area (Å²) in [7, 11) is 1.41. The third-order valence-corrected chi connectivity index (χ3v) is 6.01. The number of nitrogens with one attached hydrogen (secondary N) is 1. The van der Waals surface area contributed by atoms with Crippen LogP contribution in [-0.4, -0.2) is 48.3 Å². The van der Waals surface area contributed by atoms with Gasteiger partial charge in [0.25, 0.3) is 5.91 Å². The van der Waals surface area contributed by atoms with Crippen LogP contribution in [0.15, 0.2) is 54.9 Å². The molecular formula is C25H24F5N7O2. The van der Waals surface area contributed by atoms with Crippen LogP contribution in [0.1, 0.15) is 35.6 Å². The van der Waals surface area contributed by atoms with Gasteiger partial charge >= 0.3 is 6.18 Å². The van der Waals surface area contributed by atoms with Crippen LogP contribution in [0.3, 0.4) is 0 Å². The smallest absolute Gasteiger partial charge is 0.374 e. The number of amides is 1. The van der Waals surface area contributed by atoms with Crippen molar-refractivity contribution in [2.24, 2.45) is 12.8 Å². The first-order valence-corrected chi connectivity index (χ1v) is 11.5. The van der Waals surface area contributed by atoms with Crippen molar-refractivity contribution in [1.82, 2.24) is 29.9 Å². The summed E-state index contributed by atoms with van der Waals surface area (Å²) in [5.41, 5.74) is -0.426. The van der Waals surface area contributed by atoms with Crippen LogP contribution in [0.4, 0.5) is 22.0 Å². The number of pyridine rings is 1. The molecule has 9 nitrogen and oxygen atoms in total. The van der Waals surface area contributed by atoms with E-state index in [1.807, 2.05) is 0 Å². The number of rotatable bonds is 7. The standard InChI is InChI=1S/C25H24F5N7O2/c1-23(2,31)14-9-18(16-6-5-15(26)11-17(16)27)34-20(10-14)24(39,25(28,29)30)13-32-22(38)19-12-21(35-36(19)3)37-8-4-7-33-37/h4-12,39H,13,31H2,1-3H3,(H,32,38). The largest absolute Gasteiger partial charge is 0.424 e. The number of nitrogens with two attached hydrogens (primary N) is 1. The second-order valence-corrected chi connectivity index (χ2v) is 9.47. The normalized spacial score (nSPS) is 13.8. The second-order valence-electron chi connectivity index (χ2n) is 9.47. The fourth-order valence-electron chi connectivity index (χ4n) is 3.77. The first kappa shape index (κ1) is 27.9. The molecule has 0 aliphatic carbocycles. The molecule has 206 valence electrons. The summed E-state index contributed by atoms with van der Waals surface area (Å²) >= 11 is 0. The van der Waals surface area contributed by atoms with Crippen molar-refractivity contribution >= 4 is 5.91 Å². The van der Waals surface area contributed by atoms with Gasteiger partial charge in [-0.3, -0.25) is 9.48 Å². The SMILES string of the molecule is Cn1nc(-n2cccn2)cc1C(=O)NCC(O)(c1cc(C(C)(C)N)cc(-c2ccc(F)cc2F)n1)C(F)(F)F. The minimum atomic E-state index is -5.34.